The lowest BCUT2D eigenvalue weighted by Gasteiger charge is -2.19. The van der Waals surface area contributed by atoms with Crippen LogP contribution in [0.1, 0.15) is 35.1 Å². The highest BCUT2D eigenvalue weighted by atomic mass is 16.1. The van der Waals surface area contributed by atoms with E-state index in [2.05, 4.69) is 30.3 Å². The summed E-state index contributed by atoms with van der Waals surface area (Å²) in [5, 5.41) is 1.09. The molecule has 0 saturated carbocycles. The number of carbonyl (C=O) groups excluding carboxylic acids is 1. The Morgan fingerprint density at radius 3 is 2.06 bits per heavy atom. The van der Waals surface area contributed by atoms with Crippen molar-refractivity contribution in [2.75, 3.05) is 0 Å². The fourth-order valence-electron chi connectivity index (χ4n) is 4.80. The molecule has 3 aromatic carbocycles. The van der Waals surface area contributed by atoms with Crippen LogP contribution < -0.4 is 5.56 Å². The first-order chi connectivity index (χ1) is 17.6. The maximum absolute atomic E-state index is 12.7. The van der Waals surface area contributed by atoms with Crippen molar-refractivity contribution in [3.05, 3.63) is 148 Å². The van der Waals surface area contributed by atoms with Gasteiger partial charge in [0.1, 0.15) is 5.78 Å². The van der Waals surface area contributed by atoms with Crippen molar-refractivity contribution in [3.63, 3.8) is 0 Å². The fraction of sp³-hybridized carbons (Fsp3) is 0.125. The van der Waals surface area contributed by atoms with Gasteiger partial charge >= 0.3 is 0 Å². The average molecular weight is 473 g/mol. The van der Waals surface area contributed by atoms with E-state index in [1.807, 2.05) is 89.8 Å². The summed E-state index contributed by atoms with van der Waals surface area (Å²) in [5.74, 6) is 0.147. The molecule has 0 aliphatic carbocycles. The van der Waals surface area contributed by atoms with Crippen LogP contribution in [0.15, 0.2) is 120 Å². The van der Waals surface area contributed by atoms with Gasteiger partial charge in [-0.25, -0.2) is 0 Å². The summed E-state index contributed by atoms with van der Waals surface area (Å²) in [6, 6.07) is 32.4. The number of allylic oxidation sites excluding steroid dienone is 1. The summed E-state index contributed by atoms with van der Waals surface area (Å²) in [4.78, 5) is 24.5. The molecule has 2 aromatic heterocycles. The van der Waals surface area contributed by atoms with Crippen molar-refractivity contribution in [2.45, 2.75) is 25.9 Å². The Labute approximate surface area is 210 Å². The first-order valence-corrected chi connectivity index (χ1v) is 12.1. The molecule has 4 heteroatoms. The Morgan fingerprint density at radius 2 is 1.39 bits per heavy atom. The lowest BCUT2D eigenvalue weighted by molar-refractivity contribution is -0.117. The van der Waals surface area contributed by atoms with Gasteiger partial charge in [0.2, 0.25) is 0 Å². The predicted octanol–water partition coefficient (Wildman–Crippen LogP) is 6.29. The molecule has 2 heterocycles. The molecule has 0 bridgehead atoms. The van der Waals surface area contributed by atoms with E-state index in [-0.39, 0.29) is 17.3 Å². The number of hydrogen-bond donors (Lipinski definition) is 0. The van der Waals surface area contributed by atoms with E-state index in [0.29, 0.717) is 13.1 Å². The number of nitrogens with zero attached hydrogens (tertiary/aromatic N) is 2. The summed E-state index contributed by atoms with van der Waals surface area (Å²) >= 11 is 0. The zero-order chi connectivity index (χ0) is 24.9. The molecule has 0 radical (unpaired) electrons. The van der Waals surface area contributed by atoms with E-state index in [1.54, 1.807) is 17.6 Å². The van der Waals surface area contributed by atoms with Gasteiger partial charge in [0.25, 0.3) is 5.56 Å². The van der Waals surface area contributed by atoms with Crippen LogP contribution >= 0.6 is 0 Å². The van der Waals surface area contributed by atoms with Crippen LogP contribution in [0.4, 0.5) is 0 Å². The molecule has 5 rings (SSSR count). The minimum atomic E-state index is -0.0396. The molecule has 0 saturated heterocycles. The van der Waals surface area contributed by atoms with Crippen molar-refractivity contribution < 1.29 is 4.79 Å². The minimum absolute atomic E-state index is 0.0350. The molecule has 5 aromatic rings. The van der Waals surface area contributed by atoms with Gasteiger partial charge in [-0.05, 0) is 35.2 Å². The Morgan fingerprint density at radius 1 is 0.750 bits per heavy atom. The lowest BCUT2D eigenvalue weighted by Crippen LogP contribution is -2.19. The van der Waals surface area contributed by atoms with E-state index in [4.69, 9.17) is 0 Å². The molecule has 0 unspecified atom stereocenters. The van der Waals surface area contributed by atoms with Gasteiger partial charge < -0.3 is 9.13 Å². The normalized spacial score (nSPS) is 11.5. The van der Waals surface area contributed by atoms with Gasteiger partial charge in [-0.15, -0.1) is 0 Å². The van der Waals surface area contributed by atoms with Crippen LogP contribution in [-0.2, 0) is 17.9 Å². The van der Waals surface area contributed by atoms with Gasteiger partial charge in [-0.1, -0.05) is 97.1 Å². The van der Waals surface area contributed by atoms with Gasteiger partial charge in [0.15, 0.2) is 0 Å². The molecule has 0 aliphatic heterocycles. The first kappa shape index (κ1) is 23.3. The number of carbonyl (C=O) groups is 1. The van der Waals surface area contributed by atoms with Gasteiger partial charge in [-0.3, -0.25) is 9.59 Å². The van der Waals surface area contributed by atoms with Crippen LogP contribution in [0.2, 0.25) is 0 Å². The number of ketones is 1. The SMILES string of the molecule is CC(=O)Cn1cc(/C=C/Cn2cc(C(c3ccccc3)c3ccccc3)ccc2=O)c2ccccc21. The monoisotopic (exact) mass is 472 g/mol. The second-order valence-corrected chi connectivity index (χ2v) is 9.04. The number of aromatic nitrogens is 2. The smallest absolute Gasteiger partial charge is 0.250 e. The second-order valence-electron chi connectivity index (χ2n) is 9.04. The van der Waals surface area contributed by atoms with Crippen molar-refractivity contribution in [1.29, 1.82) is 0 Å². The van der Waals surface area contributed by atoms with Crippen molar-refractivity contribution >= 4 is 22.8 Å². The third kappa shape index (κ3) is 4.98. The summed E-state index contributed by atoms with van der Waals surface area (Å²) < 4.78 is 3.73. The quantitative estimate of drug-likeness (QED) is 0.267. The molecular formula is C32H28N2O2. The van der Waals surface area contributed by atoms with Crippen LogP contribution in [-0.4, -0.2) is 14.9 Å². The van der Waals surface area contributed by atoms with Crippen LogP contribution in [0.3, 0.4) is 0 Å². The third-order valence-corrected chi connectivity index (χ3v) is 6.42. The molecule has 0 atom stereocenters. The number of Topliss-reactive ketones (excluding diaryl/α,β-unsaturated/α-hetero) is 1. The standard InChI is InChI=1S/C32H28N2O2/c1-24(35)21-34-22-27(29-16-8-9-17-30(29)34)15-10-20-33-23-28(18-19-31(33)36)32(25-11-4-2-5-12-25)26-13-6-3-7-14-26/h2-19,22-23,32H,20-21H2,1H3/b15-10+. The number of rotatable bonds is 8. The van der Waals surface area contributed by atoms with Crippen LogP contribution in [0.5, 0.6) is 0 Å². The van der Waals surface area contributed by atoms with Crippen molar-refractivity contribution in [1.82, 2.24) is 9.13 Å². The van der Waals surface area contributed by atoms with E-state index < -0.39 is 0 Å². The van der Waals surface area contributed by atoms with E-state index in [9.17, 15) is 9.59 Å². The van der Waals surface area contributed by atoms with E-state index in [1.165, 1.54) is 11.1 Å². The van der Waals surface area contributed by atoms with Crippen LogP contribution in [0.25, 0.3) is 17.0 Å². The Bertz CT molecular complexity index is 1540. The highest BCUT2D eigenvalue weighted by Gasteiger charge is 2.17. The third-order valence-electron chi connectivity index (χ3n) is 6.42. The molecule has 0 spiro atoms. The van der Waals surface area contributed by atoms with Gasteiger partial charge in [0, 0.05) is 41.8 Å². The van der Waals surface area contributed by atoms with E-state index in [0.717, 1.165) is 22.0 Å². The van der Waals surface area contributed by atoms with Crippen molar-refractivity contribution in [2.24, 2.45) is 0 Å². The van der Waals surface area contributed by atoms with Crippen molar-refractivity contribution in [3.8, 4) is 0 Å². The minimum Gasteiger partial charge on any atom is -0.339 e. The fourth-order valence-corrected chi connectivity index (χ4v) is 4.80. The Kier molecular flexibility index (Phi) is 6.76. The van der Waals surface area contributed by atoms with Crippen LogP contribution in [0, 0.1) is 0 Å². The molecule has 178 valence electrons. The zero-order valence-corrected chi connectivity index (χ0v) is 20.2. The first-order valence-electron chi connectivity index (χ1n) is 12.1. The Hall–Kier alpha value is -4.44. The predicted molar refractivity (Wildman–Crippen MR) is 146 cm³/mol. The number of benzene rings is 3. The van der Waals surface area contributed by atoms with Gasteiger partial charge in [-0.2, -0.15) is 0 Å². The largest absolute Gasteiger partial charge is 0.339 e. The number of fused-ring (bicyclic) bond motifs is 1. The molecule has 0 N–H and O–H groups in total. The molecule has 0 amide bonds. The molecule has 0 aliphatic rings. The maximum atomic E-state index is 12.7. The molecular weight excluding hydrogens is 444 g/mol. The molecule has 36 heavy (non-hydrogen) atoms. The van der Waals surface area contributed by atoms with E-state index >= 15 is 0 Å². The Balaban J connectivity index is 1.47. The number of para-hydroxylation sites is 1. The second kappa shape index (κ2) is 10.4. The molecule has 0 fully saturated rings. The molecule has 4 nitrogen and oxygen atoms in total. The summed E-state index contributed by atoms with van der Waals surface area (Å²) in [6.07, 6.45) is 8.01. The number of pyridine rings is 1. The summed E-state index contributed by atoms with van der Waals surface area (Å²) in [5.41, 5.74) is 5.45. The topological polar surface area (TPSA) is 44.0 Å². The summed E-state index contributed by atoms with van der Waals surface area (Å²) in [7, 11) is 0. The highest BCUT2D eigenvalue weighted by Crippen LogP contribution is 2.31. The summed E-state index contributed by atoms with van der Waals surface area (Å²) in [6.45, 7) is 2.40. The average Bonchev–Trinajstić information content (AvgIpc) is 3.24. The maximum Gasteiger partial charge on any atom is 0.250 e. The zero-order valence-electron chi connectivity index (χ0n) is 20.2. The highest BCUT2D eigenvalue weighted by molar-refractivity contribution is 5.90. The van der Waals surface area contributed by atoms with Gasteiger partial charge in [0.05, 0.1) is 6.54 Å². The lowest BCUT2D eigenvalue weighted by atomic mass is 9.86. The number of hydrogen-bond acceptors (Lipinski definition) is 2.